The molecule has 0 spiro atoms. The first-order chi connectivity index (χ1) is 8.06. The second-order valence-electron chi connectivity index (χ2n) is 4.09. The molecule has 0 aliphatic heterocycles. The first-order valence-corrected chi connectivity index (χ1v) is 6.23. The lowest BCUT2D eigenvalue weighted by Gasteiger charge is -2.33. The van der Waals surface area contributed by atoms with Gasteiger partial charge in [0.25, 0.3) is 0 Å². The van der Waals surface area contributed by atoms with Gasteiger partial charge in [-0.1, -0.05) is 6.07 Å². The van der Waals surface area contributed by atoms with Crippen molar-refractivity contribution in [2.24, 2.45) is 0 Å². The number of halogens is 1. The molecule has 0 atom stereocenters. The number of carbonyl (C=O) groups is 1. The Balaban J connectivity index is 3.46. The zero-order chi connectivity index (χ0) is 14.1. The van der Waals surface area contributed by atoms with Gasteiger partial charge in [-0.15, -0.1) is 0 Å². The second-order valence-corrected chi connectivity index (χ2v) is 5.35. The molecule has 6 nitrogen and oxygen atoms in total. The van der Waals surface area contributed by atoms with Crippen LogP contribution in [0.2, 0.25) is 0 Å². The zero-order valence-electron chi connectivity index (χ0n) is 9.66. The zero-order valence-corrected chi connectivity index (χ0v) is 10.5. The fourth-order valence-electron chi connectivity index (χ4n) is 1.43. The standard InChI is InChI=1S/C10H12FNO5S/c1-10(2,9(13)14)12(18(15,16)17)8-5-3-4-7(11)6-8/h3-6H,1-2H3,(H,13,14)(H,15,16,17). The molecule has 0 saturated carbocycles. The Morgan fingerprint density at radius 2 is 1.94 bits per heavy atom. The third-order valence-corrected chi connectivity index (χ3v) is 3.43. The van der Waals surface area contributed by atoms with Crippen molar-refractivity contribution in [3.63, 3.8) is 0 Å². The molecule has 0 radical (unpaired) electrons. The molecule has 0 bridgehead atoms. The number of benzene rings is 1. The fraction of sp³-hybridized carbons (Fsp3) is 0.300. The SMILES string of the molecule is CC(C)(C(=O)O)N(c1cccc(F)c1)S(=O)(=O)O. The van der Waals surface area contributed by atoms with Crippen LogP contribution in [0.5, 0.6) is 0 Å². The molecule has 0 aromatic heterocycles. The van der Waals surface area contributed by atoms with E-state index < -0.39 is 27.6 Å². The average Bonchev–Trinajstić information content (AvgIpc) is 2.14. The molecular formula is C10H12FNO5S. The molecular weight excluding hydrogens is 265 g/mol. The van der Waals surface area contributed by atoms with Gasteiger partial charge >= 0.3 is 16.3 Å². The number of anilines is 1. The molecule has 1 rings (SSSR count). The Bertz CT molecular complexity index is 569. The first-order valence-electron chi connectivity index (χ1n) is 4.83. The minimum atomic E-state index is -4.85. The summed E-state index contributed by atoms with van der Waals surface area (Å²) in [5.41, 5.74) is -2.23. The molecule has 100 valence electrons. The van der Waals surface area contributed by atoms with Crippen LogP contribution in [0.25, 0.3) is 0 Å². The van der Waals surface area contributed by atoms with E-state index in [1.54, 1.807) is 0 Å². The number of carboxylic acids is 1. The number of hydrogen-bond acceptors (Lipinski definition) is 3. The van der Waals surface area contributed by atoms with Gasteiger partial charge in [0, 0.05) is 0 Å². The third-order valence-electron chi connectivity index (χ3n) is 2.30. The van der Waals surface area contributed by atoms with Gasteiger partial charge in [0.1, 0.15) is 11.4 Å². The molecule has 0 heterocycles. The van der Waals surface area contributed by atoms with Gasteiger partial charge in [0.05, 0.1) is 5.69 Å². The smallest absolute Gasteiger partial charge is 0.361 e. The van der Waals surface area contributed by atoms with Crippen molar-refractivity contribution in [3.05, 3.63) is 30.1 Å². The molecule has 2 N–H and O–H groups in total. The van der Waals surface area contributed by atoms with Crippen LogP contribution in [0, 0.1) is 5.82 Å². The average molecular weight is 277 g/mol. The largest absolute Gasteiger partial charge is 0.479 e. The van der Waals surface area contributed by atoms with Crippen molar-refractivity contribution in [1.29, 1.82) is 0 Å². The Hall–Kier alpha value is -1.67. The van der Waals surface area contributed by atoms with Crippen LogP contribution in [0.1, 0.15) is 13.8 Å². The fourth-order valence-corrected chi connectivity index (χ4v) is 2.47. The molecule has 8 heteroatoms. The normalized spacial score (nSPS) is 12.2. The van der Waals surface area contributed by atoms with Gasteiger partial charge < -0.3 is 5.11 Å². The number of aliphatic carboxylic acids is 1. The number of carboxylic acid groups (broad SMARTS) is 1. The van der Waals surface area contributed by atoms with E-state index in [-0.39, 0.29) is 9.99 Å². The van der Waals surface area contributed by atoms with Gasteiger partial charge in [-0.25, -0.2) is 13.5 Å². The van der Waals surface area contributed by atoms with Crippen LogP contribution in [0.15, 0.2) is 24.3 Å². The lowest BCUT2D eigenvalue weighted by atomic mass is 10.1. The van der Waals surface area contributed by atoms with Crippen LogP contribution in [0.4, 0.5) is 10.1 Å². The van der Waals surface area contributed by atoms with E-state index >= 15 is 0 Å². The van der Waals surface area contributed by atoms with Crippen LogP contribution in [0.3, 0.4) is 0 Å². The van der Waals surface area contributed by atoms with E-state index in [2.05, 4.69) is 0 Å². The van der Waals surface area contributed by atoms with E-state index in [1.807, 2.05) is 0 Å². The Labute approximate surface area is 104 Å². The summed E-state index contributed by atoms with van der Waals surface area (Å²) in [6.07, 6.45) is 0. The van der Waals surface area contributed by atoms with E-state index in [9.17, 15) is 17.6 Å². The molecule has 0 saturated heterocycles. The van der Waals surface area contributed by atoms with E-state index in [1.165, 1.54) is 12.1 Å². The number of hydrogen-bond donors (Lipinski definition) is 2. The van der Waals surface area contributed by atoms with Gasteiger partial charge in [0.15, 0.2) is 0 Å². The van der Waals surface area contributed by atoms with Crippen molar-refractivity contribution in [2.75, 3.05) is 4.31 Å². The second kappa shape index (κ2) is 4.54. The predicted molar refractivity (Wildman–Crippen MR) is 62.1 cm³/mol. The Kier molecular flexibility index (Phi) is 3.63. The molecule has 1 aromatic carbocycles. The molecule has 1 aromatic rings. The molecule has 0 fully saturated rings. The number of rotatable bonds is 4. The molecule has 0 aliphatic rings. The van der Waals surface area contributed by atoms with Crippen LogP contribution in [-0.2, 0) is 15.1 Å². The summed E-state index contributed by atoms with van der Waals surface area (Å²) >= 11 is 0. The molecule has 0 aliphatic carbocycles. The van der Waals surface area contributed by atoms with Gasteiger partial charge in [-0.05, 0) is 32.0 Å². The van der Waals surface area contributed by atoms with Crippen molar-refractivity contribution in [1.82, 2.24) is 0 Å². The highest BCUT2D eigenvalue weighted by atomic mass is 32.2. The van der Waals surface area contributed by atoms with Crippen LogP contribution >= 0.6 is 0 Å². The lowest BCUT2D eigenvalue weighted by Crippen LogP contribution is -2.53. The maximum Gasteiger partial charge on any atom is 0.361 e. The van der Waals surface area contributed by atoms with Crippen molar-refractivity contribution in [2.45, 2.75) is 19.4 Å². The molecule has 0 unspecified atom stereocenters. The summed E-state index contributed by atoms with van der Waals surface area (Å²) in [5, 5.41) is 8.99. The highest BCUT2D eigenvalue weighted by Crippen LogP contribution is 2.27. The first kappa shape index (κ1) is 14.4. The summed E-state index contributed by atoms with van der Waals surface area (Å²) in [6, 6.07) is 4.28. The summed E-state index contributed by atoms with van der Waals surface area (Å²) in [4.78, 5) is 11.1. The van der Waals surface area contributed by atoms with Gasteiger partial charge in [-0.3, -0.25) is 4.55 Å². The summed E-state index contributed by atoms with van der Waals surface area (Å²) < 4.78 is 45.0. The quantitative estimate of drug-likeness (QED) is 0.809. The number of nitrogens with zero attached hydrogens (tertiary/aromatic N) is 1. The van der Waals surface area contributed by atoms with Crippen LogP contribution < -0.4 is 4.31 Å². The van der Waals surface area contributed by atoms with Crippen LogP contribution in [-0.4, -0.2) is 29.6 Å². The molecule has 0 amide bonds. The van der Waals surface area contributed by atoms with Gasteiger partial charge in [-0.2, -0.15) is 8.42 Å². The molecule has 18 heavy (non-hydrogen) atoms. The highest BCUT2D eigenvalue weighted by Gasteiger charge is 2.41. The van der Waals surface area contributed by atoms with Crippen molar-refractivity contribution < 1.29 is 27.3 Å². The Morgan fingerprint density at radius 1 is 1.39 bits per heavy atom. The van der Waals surface area contributed by atoms with Gasteiger partial charge in [0.2, 0.25) is 0 Å². The summed E-state index contributed by atoms with van der Waals surface area (Å²) in [7, 11) is -4.85. The van der Waals surface area contributed by atoms with E-state index in [0.29, 0.717) is 0 Å². The lowest BCUT2D eigenvalue weighted by molar-refractivity contribution is -0.141. The predicted octanol–water partition coefficient (Wildman–Crippen LogP) is 1.30. The highest BCUT2D eigenvalue weighted by molar-refractivity contribution is 7.87. The topological polar surface area (TPSA) is 94.9 Å². The summed E-state index contributed by atoms with van der Waals surface area (Å²) in [6.45, 7) is 2.15. The van der Waals surface area contributed by atoms with E-state index in [0.717, 1.165) is 26.0 Å². The maximum absolute atomic E-state index is 13.1. The van der Waals surface area contributed by atoms with Crippen molar-refractivity contribution >= 4 is 22.0 Å². The third kappa shape index (κ3) is 2.77. The van der Waals surface area contributed by atoms with Crippen molar-refractivity contribution in [3.8, 4) is 0 Å². The van der Waals surface area contributed by atoms with E-state index in [4.69, 9.17) is 9.66 Å². The Morgan fingerprint density at radius 3 is 2.33 bits per heavy atom. The minimum Gasteiger partial charge on any atom is -0.479 e. The monoisotopic (exact) mass is 277 g/mol. The summed E-state index contributed by atoms with van der Waals surface area (Å²) in [5.74, 6) is -2.23. The minimum absolute atomic E-state index is 0.241. The maximum atomic E-state index is 13.1.